The van der Waals surface area contributed by atoms with Crippen LogP contribution in [0, 0.1) is 5.95 Å². The minimum absolute atomic E-state index is 0. The van der Waals surface area contributed by atoms with Gasteiger partial charge in [0.15, 0.2) is 0 Å². The van der Waals surface area contributed by atoms with Crippen molar-refractivity contribution < 1.29 is 14.3 Å². The summed E-state index contributed by atoms with van der Waals surface area (Å²) in [5.41, 5.74) is 5.79. The first kappa shape index (κ1) is 12.8. The van der Waals surface area contributed by atoms with Crippen LogP contribution in [0.2, 0.25) is 0 Å². The number of aliphatic carboxylic acids is 1. The van der Waals surface area contributed by atoms with Crippen molar-refractivity contribution in [2.24, 2.45) is 5.73 Å². The van der Waals surface area contributed by atoms with E-state index in [1.54, 1.807) is 0 Å². The predicted octanol–water partition coefficient (Wildman–Crippen LogP) is 0.597. The van der Waals surface area contributed by atoms with E-state index in [2.05, 4.69) is 4.98 Å². The molecule has 0 radical (unpaired) electrons. The minimum Gasteiger partial charge on any atom is -0.480 e. The Morgan fingerprint density at radius 1 is 1.71 bits per heavy atom. The number of carboxylic acids is 1. The van der Waals surface area contributed by atoms with Gasteiger partial charge < -0.3 is 10.8 Å². The molecule has 1 aromatic heterocycles. The van der Waals surface area contributed by atoms with Gasteiger partial charge in [0.1, 0.15) is 6.04 Å². The zero-order valence-corrected chi connectivity index (χ0v) is 8.00. The average Bonchev–Trinajstić information content (AvgIpc) is 2.04. The van der Waals surface area contributed by atoms with Crippen LogP contribution in [0.1, 0.15) is 5.56 Å². The van der Waals surface area contributed by atoms with Gasteiger partial charge in [0, 0.05) is 6.20 Å². The lowest BCUT2D eigenvalue weighted by Crippen LogP contribution is -2.32. The summed E-state index contributed by atoms with van der Waals surface area (Å²) in [4.78, 5) is 13.7. The van der Waals surface area contributed by atoms with Crippen molar-refractivity contribution in [1.29, 1.82) is 0 Å². The molecule has 0 saturated carbocycles. The van der Waals surface area contributed by atoms with Crippen LogP contribution in [0.4, 0.5) is 4.39 Å². The molecule has 1 atom stereocenters. The summed E-state index contributed by atoms with van der Waals surface area (Å²) in [6.07, 6.45) is 1.38. The van der Waals surface area contributed by atoms with Gasteiger partial charge in [-0.1, -0.05) is 0 Å². The molecule has 1 heterocycles. The van der Waals surface area contributed by atoms with Gasteiger partial charge >= 0.3 is 5.97 Å². The molecule has 78 valence electrons. The third-order valence-electron chi connectivity index (χ3n) is 1.56. The highest BCUT2D eigenvalue weighted by atomic mass is 35.5. The zero-order valence-electron chi connectivity index (χ0n) is 7.18. The number of nitrogens with two attached hydrogens (primary N) is 1. The van der Waals surface area contributed by atoms with Crippen molar-refractivity contribution in [1.82, 2.24) is 4.98 Å². The molecular formula is C8H10ClFN2O2. The number of nitrogens with zero attached hydrogens (tertiary/aromatic N) is 1. The molecule has 0 aromatic carbocycles. The summed E-state index contributed by atoms with van der Waals surface area (Å²) >= 11 is 0. The molecule has 0 aliphatic rings. The SMILES string of the molecule is Cl.N[C@@H](Cc1ccnc(F)c1)C(=O)O. The quantitative estimate of drug-likeness (QED) is 0.732. The maximum absolute atomic E-state index is 12.5. The Bertz CT molecular complexity index is 322. The summed E-state index contributed by atoms with van der Waals surface area (Å²) in [5.74, 6) is -1.73. The molecule has 0 bridgehead atoms. The number of pyridine rings is 1. The monoisotopic (exact) mass is 220 g/mol. The van der Waals surface area contributed by atoms with E-state index >= 15 is 0 Å². The summed E-state index contributed by atoms with van der Waals surface area (Å²) in [5, 5.41) is 8.48. The first-order valence-electron chi connectivity index (χ1n) is 3.68. The van der Waals surface area contributed by atoms with Crippen molar-refractivity contribution >= 4 is 18.4 Å². The Labute approximate surface area is 86.4 Å². The standard InChI is InChI=1S/C8H9FN2O2.ClH/c9-7-4-5(1-2-11-7)3-6(10)8(12)13;/h1-2,4,6H,3,10H2,(H,12,13);1H/t6-;/m0./s1. The summed E-state index contributed by atoms with van der Waals surface area (Å²) in [6, 6.07) is 1.70. The highest BCUT2D eigenvalue weighted by Gasteiger charge is 2.12. The number of hydrogen-bond acceptors (Lipinski definition) is 3. The summed E-state index contributed by atoms with van der Waals surface area (Å²) < 4.78 is 12.5. The third kappa shape index (κ3) is 3.68. The van der Waals surface area contributed by atoms with Gasteiger partial charge in [-0.25, -0.2) is 4.98 Å². The molecule has 4 nitrogen and oxygen atoms in total. The summed E-state index contributed by atoms with van der Waals surface area (Å²) in [6.45, 7) is 0. The first-order chi connectivity index (χ1) is 6.09. The van der Waals surface area contributed by atoms with E-state index < -0.39 is 18.0 Å². The second-order valence-electron chi connectivity index (χ2n) is 2.64. The van der Waals surface area contributed by atoms with Gasteiger partial charge in [0.25, 0.3) is 0 Å². The fourth-order valence-corrected chi connectivity index (χ4v) is 0.911. The molecule has 0 unspecified atom stereocenters. The largest absolute Gasteiger partial charge is 0.480 e. The third-order valence-corrected chi connectivity index (χ3v) is 1.56. The molecule has 0 spiro atoms. The van der Waals surface area contributed by atoms with Crippen molar-refractivity contribution in [3.63, 3.8) is 0 Å². The molecule has 14 heavy (non-hydrogen) atoms. The van der Waals surface area contributed by atoms with Gasteiger partial charge in [-0.15, -0.1) is 12.4 Å². The van der Waals surface area contributed by atoms with Crippen LogP contribution in [0.5, 0.6) is 0 Å². The van der Waals surface area contributed by atoms with Gasteiger partial charge in [-0.3, -0.25) is 4.79 Å². The lowest BCUT2D eigenvalue weighted by molar-refractivity contribution is -0.138. The van der Waals surface area contributed by atoms with Crippen LogP contribution < -0.4 is 5.73 Å². The second kappa shape index (κ2) is 5.51. The lowest BCUT2D eigenvalue weighted by Gasteiger charge is -2.05. The van der Waals surface area contributed by atoms with Crippen molar-refractivity contribution in [3.05, 3.63) is 29.8 Å². The minimum atomic E-state index is -1.10. The molecule has 0 aliphatic heterocycles. The van der Waals surface area contributed by atoms with E-state index in [9.17, 15) is 9.18 Å². The molecule has 3 N–H and O–H groups in total. The molecule has 0 aliphatic carbocycles. The lowest BCUT2D eigenvalue weighted by atomic mass is 10.1. The maximum Gasteiger partial charge on any atom is 0.320 e. The van der Waals surface area contributed by atoms with Crippen LogP contribution in [0.3, 0.4) is 0 Å². The average molecular weight is 221 g/mol. The molecule has 0 amide bonds. The van der Waals surface area contributed by atoms with Crippen molar-refractivity contribution in [2.75, 3.05) is 0 Å². The predicted molar refractivity (Wildman–Crippen MR) is 50.8 cm³/mol. The number of carbonyl (C=O) groups is 1. The summed E-state index contributed by atoms with van der Waals surface area (Å²) in [7, 11) is 0. The highest BCUT2D eigenvalue weighted by Crippen LogP contribution is 2.03. The van der Waals surface area contributed by atoms with Gasteiger partial charge in [-0.05, 0) is 24.1 Å². The molecule has 0 saturated heterocycles. The molecule has 0 fully saturated rings. The van der Waals surface area contributed by atoms with E-state index in [0.717, 1.165) is 0 Å². The fraction of sp³-hybridized carbons (Fsp3) is 0.250. The smallest absolute Gasteiger partial charge is 0.320 e. The number of hydrogen-bond donors (Lipinski definition) is 2. The zero-order chi connectivity index (χ0) is 9.84. The van der Waals surface area contributed by atoms with E-state index in [-0.39, 0.29) is 18.8 Å². The van der Waals surface area contributed by atoms with Gasteiger partial charge in [0.05, 0.1) is 0 Å². The molecule has 1 rings (SSSR count). The molecule has 1 aromatic rings. The van der Waals surface area contributed by atoms with Gasteiger partial charge in [0.2, 0.25) is 5.95 Å². The van der Waals surface area contributed by atoms with Crippen molar-refractivity contribution in [3.8, 4) is 0 Å². The van der Waals surface area contributed by atoms with Crippen LogP contribution in [-0.2, 0) is 11.2 Å². The first-order valence-corrected chi connectivity index (χ1v) is 3.68. The number of aromatic nitrogens is 1. The number of rotatable bonds is 3. The Morgan fingerprint density at radius 3 is 2.86 bits per heavy atom. The highest BCUT2D eigenvalue weighted by molar-refractivity contribution is 5.85. The van der Waals surface area contributed by atoms with E-state index in [0.29, 0.717) is 5.56 Å². The van der Waals surface area contributed by atoms with Crippen molar-refractivity contribution in [2.45, 2.75) is 12.5 Å². The van der Waals surface area contributed by atoms with Gasteiger partial charge in [-0.2, -0.15) is 4.39 Å². The van der Waals surface area contributed by atoms with E-state index in [1.807, 2.05) is 0 Å². The van der Waals surface area contributed by atoms with Crippen LogP contribution in [0.25, 0.3) is 0 Å². The normalized spacial score (nSPS) is 11.6. The molecule has 6 heteroatoms. The maximum atomic E-state index is 12.5. The Morgan fingerprint density at radius 2 is 2.36 bits per heavy atom. The topological polar surface area (TPSA) is 76.2 Å². The van der Waals surface area contributed by atoms with Crippen LogP contribution >= 0.6 is 12.4 Å². The Hall–Kier alpha value is -1.20. The van der Waals surface area contributed by atoms with Crippen LogP contribution in [-0.4, -0.2) is 22.1 Å². The van der Waals surface area contributed by atoms with Crippen LogP contribution in [0.15, 0.2) is 18.3 Å². The Balaban J connectivity index is 0.00000169. The Kier molecular flexibility index (Phi) is 5.04. The second-order valence-corrected chi connectivity index (χ2v) is 2.64. The molecular weight excluding hydrogens is 211 g/mol. The number of carboxylic acid groups (broad SMARTS) is 1. The van der Waals surface area contributed by atoms with E-state index in [4.69, 9.17) is 10.8 Å². The number of halogens is 2. The van der Waals surface area contributed by atoms with E-state index in [1.165, 1.54) is 18.3 Å². The fourth-order valence-electron chi connectivity index (χ4n) is 0.911.